The van der Waals surface area contributed by atoms with Crippen molar-refractivity contribution in [2.45, 2.75) is 32.7 Å². The van der Waals surface area contributed by atoms with Crippen LogP contribution in [0.4, 0.5) is 112 Å². The average molecular weight is 1400 g/mol. The molecular weight excluding hydrogens is 1350 g/mol. The van der Waals surface area contributed by atoms with Gasteiger partial charge in [0.2, 0.25) is 0 Å². The number of benzene rings is 10. The molecule has 29 heteroatoms. The van der Waals surface area contributed by atoms with E-state index in [-0.39, 0.29) is 99.1 Å². The van der Waals surface area contributed by atoms with Crippen LogP contribution in [0, 0.1) is 111 Å². The first-order chi connectivity index (χ1) is 47.3. The Morgan fingerprint density at radius 2 is 0.485 bits per heavy atom. The van der Waals surface area contributed by atoms with Crippen molar-refractivity contribution in [1.82, 2.24) is 0 Å². The zero-order chi connectivity index (χ0) is 70.5. The Balaban J connectivity index is 0.000000125. The van der Waals surface area contributed by atoms with Gasteiger partial charge in [-0.1, -0.05) is 0 Å². The Labute approximate surface area is 549 Å². The molecule has 0 radical (unpaired) electrons. The van der Waals surface area contributed by atoms with Gasteiger partial charge in [-0.05, 0) is 103 Å². The van der Waals surface area contributed by atoms with Gasteiger partial charge in [0, 0.05) is 107 Å². The molecule has 0 amide bonds. The predicted molar refractivity (Wildman–Crippen MR) is 322 cm³/mol. The number of hydrogen-bond acceptors (Lipinski definition) is 10. The molecular formula is C70H46F19N5O5. The predicted octanol–water partition coefficient (Wildman–Crippen LogP) is 17.9. The number of fused-ring (bicyclic) bond motifs is 5. The maximum Gasteiger partial charge on any atom is 0.162 e. The fraction of sp³-hybridized carbons (Fsp3) is 0.143. The van der Waals surface area contributed by atoms with Gasteiger partial charge in [0.05, 0.1) is 31.0 Å². The minimum absolute atomic E-state index is 0.0272. The second-order valence-electron chi connectivity index (χ2n) is 22.1. The van der Waals surface area contributed by atoms with Crippen molar-refractivity contribution in [2.24, 2.45) is 0 Å². The molecule has 0 aliphatic carbocycles. The van der Waals surface area contributed by atoms with Gasteiger partial charge in [-0.3, -0.25) is 0 Å². The molecule has 0 fully saturated rings. The summed E-state index contributed by atoms with van der Waals surface area (Å²) in [5.74, 6) is -14.7. The van der Waals surface area contributed by atoms with Crippen molar-refractivity contribution in [3.05, 3.63) is 296 Å². The summed E-state index contributed by atoms with van der Waals surface area (Å²) < 4.78 is 277. The SMILES string of the molecule is Fc1cc(F)c(N2COc3cc(F)c(F)cc3C2)c(F)c1.Fc1ccc(N2COc3cc(F)c(F)cc3C2)c(F)c1.Fc1ccc(N2COc3cc(F)c(F)cc3C2)cc1F.Fc1ccc(N2COc3ccc(F)cc3C2)c(F)c1.Fc1ccc2c(c1)CN(c1ccc(F)c(F)c1)CO2. The highest BCUT2D eigenvalue weighted by Crippen LogP contribution is 2.37. The number of rotatable bonds is 5. The maximum atomic E-state index is 13.7. The van der Waals surface area contributed by atoms with Crippen LogP contribution >= 0.6 is 0 Å². The molecule has 10 nitrogen and oxygen atoms in total. The van der Waals surface area contributed by atoms with E-state index in [1.54, 1.807) is 26.8 Å². The Morgan fingerprint density at radius 3 is 0.859 bits per heavy atom. The number of nitrogens with zero attached hydrogens (tertiary/aromatic N) is 5. The Morgan fingerprint density at radius 1 is 0.202 bits per heavy atom. The molecule has 99 heavy (non-hydrogen) atoms. The lowest BCUT2D eigenvalue weighted by Crippen LogP contribution is -2.33. The fourth-order valence-corrected chi connectivity index (χ4v) is 10.6. The van der Waals surface area contributed by atoms with Crippen LogP contribution in [0.1, 0.15) is 27.8 Å². The Hall–Kier alpha value is -11.1. The van der Waals surface area contributed by atoms with Crippen molar-refractivity contribution in [3.63, 3.8) is 0 Å². The summed E-state index contributed by atoms with van der Waals surface area (Å²) in [6.45, 7) is 1.08. The van der Waals surface area contributed by atoms with Gasteiger partial charge in [-0.25, -0.2) is 83.4 Å². The van der Waals surface area contributed by atoms with Crippen LogP contribution in [-0.2, 0) is 32.7 Å². The topological polar surface area (TPSA) is 62.3 Å². The molecule has 5 aliphatic rings. The average Bonchev–Trinajstić information content (AvgIpc) is 0.819. The normalized spacial score (nSPS) is 13.9. The third kappa shape index (κ3) is 16.3. The van der Waals surface area contributed by atoms with E-state index in [1.165, 1.54) is 59.5 Å². The fourth-order valence-electron chi connectivity index (χ4n) is 10.6. The first-order valence-corrected chi connectivity index (χ1v) is 29.1. The first kappa shape index (κ1) is 69.2. The molecule has 514 valence electrons. The van der Waals surface area contributed by atoms with Crippen LogP contribution in [0.25, 0.3) is 0 Å². The van der Waals surface area contributed by atoms with Crippen LogP contribution in [-0.4, -0.2) is 33.7 Å². The second kappa shape index (κ2) is 29.7. The second-order valence-corrected chi connectivity index (χ2v) is 22.1. The van der Waals surface area contributed by atoms with E-state index in [1.807, 2.05) is 0 Å². The van der Waals surface area contributed by atoms with Crippen LogP contribution in [0.2, 0.25) is 0 Å². The van der Waals surface area contributed by atoms with Crippen LogP contribution < -0.4 is 48.2 Å². The maximum absolute atomic E-state index is 13.7. The molecule has 0 bridgehead atoms. The molecule has 5 heterocycles. The van der Waals surface area contributed by atoms with Crippen LogP contribution in [0.5, 0.6) is 28.7 Å². The summed E-state index contributed by atoms with van der Waals surface area (Å²) in [4.78, 5) is 7.46. The van der Waals surface area contributed by atoms with E-state index in [9.17, 15) is 83.4 Å². The van der Waals surface area contributed by atoms with Gasteiger partial charge in [0.25, 0.3) is 0 Å². The van der Waals surface area contributed by atoms with Crippen molar-refractivity contribution in [1.29, 1.82) is 0 Å². The first-order valence-electron chi connectivity index (χ1n) is 29.1. The molecule has 10 aromatic rings. The molecule has 15 rings (SSSR count). The zero-order valence-corrected chi connectivity index (χ0v) is 50.5. The molecule has 0 spiro atoms. The highest BCUT2D eigenvalue weighted by atomic mass is 19.2. The van der Waals surface area contributed by atoms with E-state index >= 15 is 0 Å². The molecule has 0 saturated heterocycles. The van der Waals surface area contributed by atoms with Gasteiger partial charge in [0.1, 0.15) is 75.2 Å². The van der Waals surface area contributed by atoms with E-state index in [0.29, 0.717) is 70.3 Å². The summed E-state index contributed by atoms with van der Waals surface area (Å²) in [7, 11) is 0. The summed E-state index contributed by atoms with van der Waals surface area (Å²) in [6.07, 6.45) is 0. The van der Waals surface area contributed by atoms with Crippen molar-refractivity contribution >= 4 is 28.4 Å². The zero-order valence-electron chi connectivity index (χ0n) is 50.5. The van der Waals surface area contributed by atoms with E-state index in [2.05, 4.69) is 0 Å². The third-order valence-electron chi connectivity index (χ3n) is 15.4. The van der Waals surface area contributed by atoms with Crippen molar-refractivity contribution < 1.29 is 107 Å². The lowest BCUT2D eigenvalue weighted by Gasteiger charge is -2.31. The van der Waals surface area contributed by atoms with E-state index in [4.69, 9.17) is 23.7 Å². The summed E-state index contributed by atoms with van der Waals surface area (Å²) in [6, 6.07) is 28.9. The highest BCUT2D eigenvalue weighted by Gasteiger charge is 2.28. The van der Waals surface area contributed by atoms with Gasteiger partial charge < -0.3 is 48.2 Å². The lowest BCUT2D eigenvalue weighted by molar-refractivity contribution is 0.282. The summed E-state index contributed by atoms with van der Waals surface area (Å²) >= 11 is 0. The smallest absolute Gasteiger partial charge is 0.162 e. The lowest BCUT2D eigenvalue weighted by atomic mass is 10.1. The molecule has 0 saturated carbocycles. The van der Waals surface area contributed by atoms with E-state index < -0.39 is 105 Å². The standard InChI is InChI=1S/C14H8F5NO.2C14H9F4NO.2C14H10F3NO/c15-8-2-11(18)14(12(19)3-8)20-5-7-1-9(16)10(17)4-13(7)21-6-20;15-9-1-2-13(12(18)4-9)19-6-8-3-10(16)11(17)5-14(8)20-7-19;15-10-2-1-9(4-12(10)17)19-6-8-3-11(16)13(18)5-14(8)20-7-19;15-10-1-4-14-9(5-10)7-18(8-19-14)11-2-3-12(16)13(17)6-11;15-10-2-4-14-9(5-10)7-18(8-19-14)13-3-1-11(16)6-12(13)17/h1-4H,5-6H2;2*1-5H,6-7H2;2*1-6H,7-8H2. The van der Waals surface area contributed by atoms with Gasteiger partial charge in [-0.15, -0.1) is 0 Å². The highest BCUT2D eigenvalue weighted by molar-refractivity contribution is 5.56. The molecule has 0 unspecified atom stereocenters. The quantitative estimate of drug-likeness (QED) is 0.156. The minimum atomic E-state index is -1.10. The largest absolute Gasteiger partial charge is 0.473 e. The summed E-state index contributed by atoms with van der Waals surface area (Å²) in [5, 5.41) is 0. The molecule has 0 atom stereocenters. The van der Waals surface area contributed by atoms with Gasteiger partial charge in [0.15, 0.2) is 103 Å². The van der Waals surface area contributed by atoms with Gasteiger partial charge in [-0.2, -0.15) is 0 Å². The monoisotopic (exact) mass is 1400 g/mol. The van der Waals surface area contributed by atoms with Crippen molar-refractivity contribution in [2.75, 3.05) is 58.2 Å². The molecule has 0 N–H and O–H groups in total. The van der Waals surface area contributed by atoms with Gasteiger partial charge >= 0.3 is 0 Å². The third-order valence-corrected chi connectivity index (χ3v) is 15.4. The van der Waals surface area contributed by atoms with E-state index in [0.717, 1.165) is 83.8 Å². The van der Waals surface area contributed by atoms with Crippen LogP contribution in [0.15, 0.2) is 158 Å². The Bertz CT molecular complexity index is 4650. The Kier molecular flexibility index (Phi) is 20.8. The summed E-state index contributed by atoms with van der Waals surface area (Å²) in [5.41, 5.74) is 3.19. The number of halogens is 19. The number of hydrogen-bond donors (Lipinski definition) is 0. The molecule has 5 aliphatic heterocycles. The minimum Gasteiger partial charge on any atom is -0.473 e. The van der Waals surface area contributed by atoms with Crippen LogP contribution in [0.3, 0.4) is 0 Å². The number of ether oxygens (including phenoxy) is 5. The number of anilines is 5. The molecule has 10 aromatic carbocycles. The molecule has 0 aromatic heterocycles. The van der Waals surface area contributed by atoms with Crippen molar-refractivity contribution in [3.8, 4) is 28.7 Å².